The van der Waals surface area contributed by atoms with E-state index >= 15 is 0 Å². The zero-order valence-electron chi connectivity index (χ0n) is 13.5. The van der Waals surface area contributed by atoms with Crippen LogP contribution in [0.1, 0.15) is 36.9 Å². The van der Waals surface area contributed by atoms with Crippen LogP contribution < -0.4 is 4.90 Å². The second-order valence-corrected chi connectivity index (χ2v) is 7.13. The molecule has 0 saturated heterocycles. The van der Waals surface area contributed by atoms with Gasteiger partial charge in [0.25, 0.3) is 0 Å². The molecular weight excluding hydrogens is 276 g/mol. The molecule has 0 aliphatic heterocycles. The van der Waals surface area contributed by atoms with Gasteiger partial charge in [-0.3, -0.25) is 0 Å². The van der Waals surface area contributed by atoms with Crippen LogP contribution >= 0.6 is 0 Å². The van der Waals surface area contributed by atoms with E-state index in [1.807, 2.05) is 16.8 Å². The molecule has 22 heavy (non-hydrogen) atoms. The summed E-state index contributed by atoms with van der Waals surface area (Å²) >= 11 is 0. The van der Waals surface area contributed by atoms with Crippen molar-refractivity contribution >= 4 is 11.5 Å². The number of hydrogen-bond acceptors (Lipinski definition) is 4. The van der Waals surface area contributed by atoms with Crippen LogP contribution in [0.2, 0.25) is 0 Å². The maximum absolute atomic E-state index is 9.83. The lowest BCUT2D eigenvalue weighted by Crippen LogP contribution is -2.33. The predicted octanol–water partition coefficient (Wildman–Crippen LogP) is 2.33. The Labute approximate surface area is 131 Å². The fourth-order valence-corrected chi connectivity index (χ4v) is 4.58. The molecular formula is C17H24N4O. The summed E-state index contributed by atoms with van der Waals surface area (Å²) in [6.07, 6.45) is 6.09. The summed E-state index contributed by atoms with van der Waals surface area (Å²) < 4.78 is 1.96. The van der Waals surface area contributed by atoms with Gasteiger partial charge in [-0.15, -0.1) is 0 Å². The number of anilines is 1. The summed E-state index contributed by atoms with van der Waals surface area (Å²) in [5.41, 5.74) is 3.19. The molecule has 2 fully saturated rings. The molecule has 1 N–H and O–H groups in total. The van der Waals surface area contributed by atoms with Gasteiger partial charge in [0, 0.05) is 30.4 Å². The molecule has 4 rings (SSSR count). The first-order valence-electron chi connectivity index (χ1n) is 8.26. The molecule has 2 aromatic rings. The standard InChI is InChI=1S/C17H24N4O/c1-10-11(2)19-16-4-5-18-21(16)17(10)20(3)14-6-12-8-15(22)9-13(12)7-14/h4-5,12-15,22H,6-9H2,1-3H3/t12-,13+,14?,15?. The van der Waals surface area contributed by atoms with Crippen LogP contribution in [0.15, 0.2) is 12.3 Å². The highest BCUT2D eigenvalue weighted by Gasteiger charge is 2.42. The van der Waals surface area contributed by atoms with E-state index in [4.69, 9.17) is 0 Å². The average molecular weight is 300 g/mol. The summed E-state index contributed by atoms with van der Waals surface area (Å²) in [4.78, 5) is 7.01. The van der Waals surface area contributed by atoms with Crippen molar-refractivity contribution in [3.05, 3.63) is 23.5 Å². The van der Waals surface area contributed by atoms with Crippen LogP contribution in [-0.4, -0.2) is 38.9 Å². The van der Waals surface area contributed by atoms with Gasteiger partial charge in [-0.2, -0.15) is 9.61 Å². The molecule has 2 aliphatic carbocycles. The fraction of sp³-hybridized carbons (Fsp3) is 0.647. The summed E-state index contributed by atoms with van der Waals surface area (Å²) in [5.74, 6) is 2.55. The SMILES string of the molecule is Cc1nc2ccnn2c(N(C)C2C[C@H]3CC(O)C[C@H]3C2)c1C. The third kappa shape index (κ3) is 2.02. The van der Waals surface area contributed by atoms with Crippen molar-refractivity contribution in [3.63, 3.8) is 0 Å². The number of hydrogen-bond donors (Lipinski definition) is 1. The van der Waals surface area contributed by atoms with Gasteiger partial charge in [0.15, 0.2) is 5.65 Å². The highest BCUT2D eigenvalue weighted by Crippen LogP contribution is 2.46. The molecule has 2 saturated carbocycles. The van der Waals surface area contributed by atoms with Crippen molar-refractivity contribution in [1.82, 2.24) is 14.6 Å². The minimum Gasteiger partial charge on any atom is -0.393 e. The number of aliphatic hydroxyl groups excluding tert-OH is 1. The maximum atomic E-state index is 9.83. The first-order valence-corrected chi connectivity index (χ1v) is 8.26. The Morgan fingerprint density at radius 2 is 1.86 bits per heavy atom. The van der Waals surface area contributed by atoms with E-state index in [1.54, 1.807) is 0 Å². The van der Waals surface area contributed by atoms with Crippen LogP contribution in [-0.2, 0) is 0 Å². The third-order valence-corrected chi connectivity index (χ3v) is 5.83. The van der Waals surface area contributed by atoms with Crippen molar-refractivity contribution in [1.29, 1.82) is 0 Å². The van der Waals surface area contributed by atoms with E-state index in [1.165, 1.54) is 18.4 Å². The van der Waals surface area contributed by atoms with Crippen molar-refractivity contribution in [3.8, 4) is 0 Å². The maximum Gasteiger partial charge on any atom is 0.157 e. The monoisotopic (exact) mass is 300 g/mol. The van der Waals surface area contributed by atoms with E-state index in [0.29, 0.717) is 17.9 Å². The number of fused-ring (bicyclic) bond motifs is 2. The molecule has 2 aliphatic rings. The van der Waals surface area contributed by atoms with Gasteiger partial charge in [-0.05, 0) is 51.4 Å². The number of aliphatic hydroxyl groups is 1. The van der Waals surface area contributed by atoms with Crippen LogP contribution in [0.5, 0.6) is 0 Å². The van der Waals surface area contributed by atoms with Crippen molar-refractivity contribution in [2.75, 3.05) is 11.9 Å². The molecule has 0 aromatic carbocycles. The summed E-state index contributed by atoms with van der Waals surface area (Å²) in [6.45, 7) is 4.20. The van der Waals surface area contributed by atoms with Gasteiger partial charge in [0.05, 0.1) is 12.3 Å². The summed E-state index contributed by atoms with van der Waals surface area (Å²) in [7, 11) is 2.19. The Kier molecular flexibility index (Phi) is 3.15. The van der Waals surface area contributed by atoms with Gasteiger partial charge >= 0.3 is 0 Å². The zero-order valence-corrected chi connectivity index (χ0v) is 13.5. The molecule has 2 heterocycles. The van der Waals surface area contributed by atoms with Gasteiger partial charge in [-0.25, -0.2) is 4.98 Å². The van der Waals surface area contributed by atoms with Crippen molar-refractivity contribution < 1.29 is 5.11 Å². The molecule has 118 valence electrons. The molecule has 4 atom stereocenters. The smallest absolute Gasteiger partial charge is 0.157 e. The lowest BCUT2D eigenvalue weighted by Gasteiger charge is -2.29. The normalized spacial score (nSPS) is 30.9. The van der Waals surface area contributed by atoms with Gasteiger partial charge in [0.1, 0.15) is 5.82 Å². The molecule has 0 bridgehead atoms. The molecule has 0 amide bonds. The highest BCUT2D eigenvalue weighted by molar-refractivity contribution is 5.56. The number of aromatic nitrogens is 3. The van der Waals surface area contributed by atoms with E-state index < -0.39 is 0 Å². The Morgan fingerprint density at radius 3 is 2.55 bits per heavy atom. The topological polar surface area (TPSA) is 53.7 Å². The molecule has 5 nitrogen and oxygen atoms in total. The molecule has 2 unspecified atom stereocenters. The quantitative estimate of drug-likeness (QED) is 0.925. The van der Waals surface area contributed by atoms with Crippen molar-refractivity contribution in [2.45, 2.75) is 51.7 Å². The fourth-order valence-electron chi connectivity index (χ4n) is 4.58. The molecule has 0 radical (unpaired) electrons. The Morgan fingerprint density at radius 1 is 1.18 bits per heavy atom. The molecule has 5 heteroatoms. The Bertz CT molecular complexity index is 696. The van der Waals surface area contributed by atoms with Crippen LogP contribution in [0.25, 0.3) is 5.65 Å². The highest BCUT2D eigenvalue weighted by atomic mass is 16.3. The van der Waals surface area contributed by atoms with Crippen LogP contribution in [0, 0.1) is 25.7 Å². The first kappa shape index (κ1) is 14.0. The largest absolute Gasteiger partial charge is 0.393 e. The third-order valence-electron chi connectivity index (χ3n) is 5.83. The van der Waals surface area contributed by atoms with E-state index in [-0.39, 0.29) is 6.10 Å². The molecule has 0 spiro atoms. The predicted molar refractivity (Wildman–Crippen MR) is 86.1 cm³/mol. The second kappa shape index (κ2) is 4.95. The van der Waals surface area contributed by atoms with Crippen molar-refractivity contribution in [2.24, 2.45) is 11.8 Å². The Hall–Kier alpha value is -1.62. The second-order valence-electron chi connectivity index (χ2n) is 7.13. The summed E-state index contributed by atoms with van der Waals surface area (Å²) in [5, 5.41) is 14.3. The minimum absolute atomic E-state index is 0.0658. The molecule has 2 aromatic heterocycles. The van der Waals surface area contributed by atoms with Crippen LogP contribution in [0.3, 0.4) is 0 Å². The number of aryl methyl sites for hydroxylation is 1. The lowest BCUT2D eigenvalue weighted by atomic mass is 10.0. The average Bonchev–Trinajstić information content (AvgIpc) is 3.13. The minimum atomic E-state index is -0.0658. The summed E-state index contributed by atoms with van der Waals surface area (Å²) in [6, 6.07) is 2.50. The zero-order chi connectivity index (χ0) is 15.4. The number of nitrogens with zero attached hydrogens (tertiary/aromatic N) is 4. The first-order chi connectivity index (χ1) is 10.5. The van der Waals surface area contributed by atoms with Gasteiger partial charge < -0.3 is 10.0 Å². The van der Waals surface area contributed by atoms with Gasteiger partial charge in [-0.1, -0.05) is 0 Å². The van der Waals surface area contributed by atoms with E-state index in [0.717, 1.165) is 30.0 Å². The van der Waals surface area contributed by atoms with Gasteiger partial charge in [0.2, 0.25) is 0 Å². The van der Waals surface area contributed by atoms with Crippen LogP contribution in [0.4, 0.5) is 5.82 Å². The Balaban J connectivity index is 1.68. The number of rotatable bonds is 2. The van der Waals surface area contributed by atoms with E-state index in [9.17, 15) is 5.11 Å². The van der Waals surface area contributed by atoms with E-state index in [2.05, 4.69) is 35.9 Å². The lowest BCUT2D eigenvalue weighted by molar-refractivity contribution is 0.171.